The summed E-state index contributed by atoms with van der Waals surface area (Å²) in [6, 6.07) is 13.7. The number of likely N-dealkylation sites (tertiary alicyclic amines) is 1. The molecule has 4 atom stereocenters. The van der Waals surface area contributed by atoms with E-state index in [1.165, 1.54) is 28.3 Å². The van der Waals surface area contributed by atoms with Crippen molar-refractivity contribution in [2.75, 3.05) is 6.54 Å². The van der Waals surface area contributed by atoms with E-state index in [0.717, 1.165) is 5.56 Å². The lowest BCUT2D eigenvalue weighted by Crippen LogP contribution is -2.47. The van der Waals surface area contributed by atoms with Gasteiger partial charge in [0.2, 0.25) is 0 Å². The second kappa shape index (κ2) is 12.7. The lowest BCUT2D eigenvalue weighted by Gasteiger charge is -2.33. The molecule has 0 unspecified atom stereocenters. The zero-order valence-corrected chi connectivity index (χ0v) is 23.6. The summed E-state index contributed by atoms with van der Waals surface area (Å²) < 4.78 is 12.3. The van der Waals surface area contributed by atoms with Gasteiger partial charge >= 0.3 is 6.09 Å². The average Bonchev–Trinajstić information content (AvgIpc) is 3.29. The Morgan fingerprint density at radius 3 is 2.14 bits per heavy atom. The quantitative estimate of drug-likeness (QED) is 0.339. The number of ether oxygens (including phenoxy) is 2. The van der Waals surface area contributed by atoms with E-state index in [2.05, 4.69) is 67.2 Å². The lowest BCUT2D eigenvalue weighted by molar-refractivity contribution is -0.0466. The average molecular weight is 508 g/mol. The van der Waals surface area contributed by atoms with Crippen molar-refractivity contribution in [2.45, 2.75) is 104 Å². The van der Waals surface area contributed by atoms with E-state index < -0.39 is 18.2 Å². The Kier molecular flexibility index (Phi) is 9.97. The maximum absolute atomic E-state index is 13.0. The molecule has 202 valence electrons. The van der Waals surface area contributed by atoms with Crippen LogP contribution >= 0.6 is 0 Å². The molecule has 5 nitrogen and oxygen atoms in total. The van der Waals surface area contributed by atoms with E-state index >= 15 is 0 Å². The number of amides is 1. The van der Waals surface area contributed by atoms with Crippen molar-refractivity contribution in [2.24, 2.45) is 0 Å². The molecule has 1 aliphatic heterocycles. The highest BCUT2D eigenvalue weighted by atomic mass is 16.6. The first kappa shape index (κ1) is 28.9. The molecule has 0 radical (unpaired) electrons. The Morgan fingerprint density at radius 2 is 1.62 bits per heavy atom. The summed E-state index contributed by atoms with van der Waals surface area (Å²) in [5.74, 6) is 1.14. The minimum Gasteiger partial charge on any atom is -0.445 e. The van der Waals surface area contributed by atoms with Crippen LogP contribution in [0.3, 0.4) is 0 Å². The minimum atomic E-state index is -0.915. The van der Waals surface area contributed by atoms with Crippen molar-refractivity contribution in [1.82, 2.24) is 4.90 Å². The van der Waals surface area contributed by atoms with Crippen LogP contribution in [0, 0.1) is 0 Å². The number of hydrogen-bond donors (Lipinski definition) is 1. The van der Waals surface area contributed by atoms with Crippen LogP contribution in [0.25, 0.3) is 0 Å². The number of rotatable bonds is 10. The Labute approximate surface area is 223 Å². The molecule has 0 aliphatic carbocycles. The first-order chi connectivity index (χ1) is 17.5. The molecule has 0 bridgehead atoms. The first-order valence-corrected chi connectivity index (χ1v) is 13.7. The number of carbonyl (C=O) groups excluding carboxylic acids is 1. The van der Waals surface area contributed by atoms with E-state index in [9.17, 15) is 9.90 Å². The van der Waals surface area contributed by atoms with Gasteiger partial charge in [-0.15, -0.1) is 6.58 Å². The molecular weight excluding hydrogens is 462 g/mol. The van der Waals surface area contributed by atoms with Crippen LogP contribution in [0.15, 0.2) is 55.1 Å². The van der Waals surface area contributed by atoms with Crippen molar-refractivity contribution in [3.8, 4) is 0 Å². The highest BCUT2D eigenvalue weighted by Gasteiger charge is 2.43. The smallest absolute Gasteiger partial charge is 0.410 e. The first-order valence-electron chi connectivity index (χ1n) is 13.7. The van der Waals surface area contributed by atoms with Gasteiger partial charge in [0.15, 0.2) is 0 Å². The number of aliphatic hydroxyl groups is 1. The SMILES string of the molecule is C=C[C@@H](O)[C@@H]1[C@H](O[C@@H](C)c2c(C(C)C)cc(C(C)C)cc2C(C)C)CCN1C(=O)OCc1ccccc1. The molecule has 2 aromatic rings. The Bertz CT molecular complexity index is 1020. The molecule has 1 amide bonds. The van der Waals surface area contributed by atoms with Gasteiger partial charge in [0.1, 0.15) is 6.61 Å². The van der Waals surface area contributed by atoms with Gasteiger partial charge in [0.05, 0.1) is 24.4 Å². The van der Waals surface area contributed by atoms with Crippen molar-refractivity contribution in [3.05, 3.63) is 82.9 Å². The third-order valence-corrected chi connectivity index (χ3v) is 7.39. The van der Waals surface area contributed by atoms with Gasteiger partial charge < -0.3 is 14.6 Å². The van der Waals surface area contributed by atoms with Crippen LogP contribution in [0.1, 0.15) is 107 Å². The van der Waals surface area contributed by atoms with Gasteiger partial charge in [-0.25, -0.2) is 4.79 Å². The number of nitrogens with zero attached hydrogens (tertiary/aromatic N) is 1. The zero-order chi connectivity index (χ0) is 27.3. The third kappa shape index (κ3) is 6.82. The molecule has 0 spiro atoms. The summed E-state index contributed by atoms with van der Waals surface area (Å²) in [6.07, 6.45) is 0.212. The summed E-state index contributed by atoms with van der Waals surface area (Å²) in [5.41, 5.74) is 6.10. The van der Waals surface area contributed by atoms with Crippen LogP contribution in [0.2, 0.25) is 0 Å². The maximum atomic E-state index is 13.0. The summed E-state index contributed by atoms with van der Waals surface area (Å²) in [6.45, 7) is 19.9. The van der Waals surface area contributed by atoms with Crippen molar-refractivity contribution < 1.29 is 19.4 Å². The number of hydrogen-bond acceptors (Lipinski definition) is 4. The number of aliphatic hydroxyl groups excluding tert-OH is 1. The maximum Gasteiger partial charge on any atom is 0.410 e. The van der Waals surface area contributed by atoms with E-state index in [4.69, 9.17) is 9.47 Å². The summed E-state index contributed by atoms with van der Waals surface area (Å²) in [5, 5.41) is 10.9. The topological polar surface area (TPSA) is 59.0 Å². The Hall–Kier alpha value is -2.63. The lowest BCUT2D eigenvalue weighted by atomic mass is 9.82. The second-order valence-corrected chi connectivity index (χ2v) is 11.1. The molecule has 0 saturated carbocycles. The molecule has 2 aromatic carbocycles. The molecule has 1 N–H and O–H groups in total. The minimum absolute atomic E-state index is 0.187. The molecule has 1 aliphatic rings. The largest absolute Gasteiger partial charge is 0.445 e. The van der Waals surface area contributed by atoms with Gasteiger partial charge in [-0.1, -0.05) is 90.1 Å². The summed E-state index contributed by atoms with van der Waals surface area (Å²) in [7, 11) is 0. The van der Waals surface area contributed by atoms with Gasteiger partial charge in [-0.2, -0.15) is 0 Å². The molecule has 1 saturated heterocycles. The molecule has 37 heavy (non-hydrogen) atoms. The highest BCUT2D eigenvalue weighted by molar-refractivity contribution is 5.69. The Balaban J connectivity index is 1.85. The van der Waals surface area contributed by atoms with E-state index in [1.54, 1.807) is 4.90 Å². The third-order valence-electron chi connectivity index (χ3n) is 7.39. The number of carbonyl (C=O) groups is 1. The van der Waals surface area contributed by atoms with Crippen molar-refractivity contribution >= 4 is 6.09 Å². The standard InChI is InChI=1S/C32H45NO4/c1-9-28(34)31-29(15-16-33(31)32(35)36-19-24-13-11-10-12-14-24)37-23(8)30-26(21(4)5)17-25(20(2)3)18-27(30)22(6)7/h9-14,17-18,20-23,28-29,31,34H,1,15-16,19H2,2-8H3/t23-,28+,29+,31+/m0/s1. The van der Waals surface area contributed by atoms with Crippen LogP contribution < -0.4 is 0 Å². The molecule has 1 fully saturated rings. The molecule has 5 heteroatoms. The van der Waals surface area contributed by atoms with Gasteiger partial charge in [-0.05, 0) is 58.9 Å². The van der Waals surface area contributed by atoms with Gasteiger partial charge in [0.25, 0.3) is 0 Å². The monoisotopic (exact) mass is 507 g/mol. The van der Waals surface area contributed by atoms with Crippen LogP contribution in [-0.4, -0.2) is 40.9 Å². The van der Waals surface area contributed by atoms with Crippen LogP contribution in [0.4, 0.5) is 4.79 Å². The van der Waals surface area contributed by atoms with Crippen LogP contribution in [-0.2, 0) is 16.1 Å². The van der Waals surface area contributed by atoms with E-state index in [0.29, 0.717) is 30.7 Å². The molecule has 1 heterocycles. The predicted molar refractivity (Wildman–Crippen MR) is 150 cm³/mol. The fourth-order valence-electron chi connectivity index (χ4n) is 5.31. The van der Waals surface area contributed by atoms with Crippen molar-refractivity contribution in [3.63, 3.8) is 0 Å². The second-order valence-electron chi connectivity index (χ2n) is 11.1. The summed E-state index contributed by atoms with van der Waals surface area (Å²) in [4.78, 5) is 14.6. The van der Waals surface area contributed by atoms with Crippen LogP contribution in [0.5, 0.6) is 0 Å². The van der Waals surface area contributed by atoms with E-state index in [1.807, 2.05) is 30.3 Å². The van der Waals surface area contributed by atoms with Gasteiger partial charge in [0, 0.05) is 6.54 Å². The fourth-order valence-corrected chi connectivity index (χ4v) is 5.31. The highest BCUT2D eigenvalue weighted by Crippen LogP contribution is 2.39. The molecule has 3 rings (SSSR count). The number of benzene rings is 2. The normalized spacial score (nSPS) is 19.5. The molecule has 0 aromatic heterocycles. The van der Waals surface area contributed by atoms with Crippen molar-refractivity contribution in [1.29, 1.82) is 0 Å². The van der Waals surface area contributed by atoms with Gasteiger partial charge in [-0.3, -0.25) is 4.90 Å². The predicted octanol–water partition coefficient (Wildman–Crippen LogP) is 7.46. The summed E-state index contributed by atoms with van der Waals surface area (Å²) >= 11 is 0. The Morgan fingerprint density at radius 1 is 1.03 bits per heavy atom. The molecular formula is C32H45NO4. The zero-order valence-electron chi connectivity index (χ0n) is 23.6. The fraction of sp³-hybridized carbons (Fsp3) is 0.531. The van der Waals surface area contributed by atoms with E-state index in [-0.39, 0.29) is 18.8 Å².